The first-order valence-electron chi connectivity index (χ1n) is 4.05. The van der Waals surface area contributed by atoms with E-state index < -0.39 is 0 Å². The van der Waals surface area contributed by atoms with Crippen LogP contribution in [0.1, 0.15) is 12.5 Å². The average molecular weight is 180 g/mol. The van der Waals surface area contributed by atoms with Crippen LogP contribution in [0.25, 0.3) is 0 Å². The van der Waals surface area contributed by atoms with Crippen LogP contribution < -0.4 is 5.56 Å². The van der Waals surface area contributed by atoms with Gasteiger partial charge in [0, 0.05) is 25.9 Å². The van der Waals surface area contributed by atoms with Gasteiger partial charge < -0.3 is 5.11 Å². The smallest absolute Gasteiger partial charge is 0.253 e. The van der Waals surface area contributed by atoms with Crippen LogP contribution in [0.5, 0.6) is 5.88 Å². The molecule has 4 nitrogen and oxygen atoms in total. The number of aromatic nitrogens is 1. The first-order chi connectivity index (χ1) is 6.20. The van der Waals surface area contributed by atoms with Gasteiger partial charge in [-0.15, -0.1) is 0 Å². The molecule has 1 N–H and O–H groups in total. The molecule has 0 bridgehead atoms. The summed E-state index contributed by atoms with van der Waals surface area (Å²) >= 11 is 0. The summed E-state index contributed by atoms with van der Waals surface area (Å²) in [4.78, 5) is 15.0. The van der Waals surface area contributed by atoms with Gasteiger partial charge in [0.1, 0.15) is 0 Å². The van der Waals surface area contributed by atoms with Gasteiger partial charge in [-0.25, -0.2) is 0 Å². The van der Waals surface area contributed by atoms with Crippen molar-refractivity contribution in [3.05, 3.63) is 28.0 Å². The summed E-state index contributed by atoms with van der Waals surface area (Å²) in [5, 5.41) is 9.57. The van der Waals surface area contributed by atoms with Crippen molar-refractivity contribution in [2.45, 2.75) is 13.5 Å². The van der Waals surface area contributed by atoms with Crippen molar-refractivity contribution in [2.24, 2.45) is 4.99 Å². The zero-order valence-corrected chi connectivity index (χ0v) is 7.69. The molecule has 13 heavy (non-hydrogen) atoms. The molecule has 0 aliphatic rings. The van der Waals surface area contributed by atoms with Gasteiger partial charge in [-0.2, -0.15) is 0 Å². The fourth-order valence-electron chi connectivity index (χ4n) is 1.13. The molecule has 0 saturated heterocycles. The molecular weight excluding hydrogens is 168 g/mol. The Morgan fingerprint density at radius 1 is 1.62 bits per heavy atom. The second-order valence-corrected chi connectivity index (χ2v) is 2.58. The molecule has 0 amide bonds. The summed E-state index contributed by atoms with van der Waals surface area (Å²) < 4.78 is 1.29. The van der Waals surface area contributed by atoms with E-state index in [4.69, 9.17) is 0 Å². The highest BCUT2D eigenvalue weighted by atomic mass is 16.3. The van der Waals surface area contributed by atoms with E-state index >= 15 is 0 Å². The van der Waals surface area contributed by atoms with E-state index in [9.17, 15) is 9.90 Å². The molecule has 0 saturated carbocycles. The van der Waals surface area contributed by atoms with E-state index in [0.29, 0.717) is 12.1 Å². The van der Waals surface area contributed by atoms with Crippen molar-refractivity contribution in [3.63, 3.8) is 0 Å². The fourth-order valence-corrected chi connectivity index (χ4v) is 1.13. The lowest BCUT2D eigenvalue weighted by Crippen LogP contribution is -2.18. The molecule has 70 valence electrons. The molecule has 0 aromatic carbocycles. The zero-order valence-electron chi connectivity index (χ0n) is 7.69. The van der Waals surface area contributed by atoms with Gasteiger partial charge in [-0.05, 0) is 13.0 Å². The topological polar surface area (TPSA) is 54.6 Å². The highest BCUT2D eigenvalue weighted by molar-refractivity contribution is 5.82. The molecule has 0 aliphatic carbocycles. The highest BCUT2D eigenvalue weighted by Crippen LogP contribution is 2.11. The summed E-state index contributed by atoms with van der Waals surface area (Å²) in [5.41, 5.74) is 0.359. The molecule has 0 unspecified atom stereocenters. The number of nitrogens with zero attached hydrogens (tertiary/aromatic N) is 2. The lowest BCUT2D eigenvalue weighted by molar-refractivity contribution is 0.410. The summed E-state index contributed by atoms with van der Waals surface area (Å²) in [5.74, 6) is -0.0272. The number of rotatable bonds is 2. The van der Waals surface area contributed by atoms with Crippen LogP contribution in [0.4, 0.5) is 0 Å². The predicted octanol–water partition coefficient (Wildman–Crippen LogP) is 0.622. The third-order valence-electron chi connectivity index (χ3n) is 1.77. The Morgan fingerprint density at radius 3 is 2.85 bits per heavy atom. The zero-order chi connectivity index (χ0) is 9.84. The first-order valence-corrected chi connectivity index (χ1v) is 4.05. The van der Waals surface area contributed by atoms with Crippen LogP contribution in [-0.2, 0) is 6.54 Å². The first kappa shape index (κ1) is 9.51. The van der Waals surface area contributed by atoms with E-state index in [1.54, 1.807) is 20.0 Å². The molecule has 1 aromatic heterocycles. The Morgan fingerprint density at radius 2 is 2.31 bits per heavy atom. The maximum Gasteiger partial charge on any atom is 0.253 e. The maximum absolute atomic E-state index is 11.2. The van der Waals surface area contributed by atoms with Gasteiger partial charge >= 0.3 is 0 Å². The Balaban J connectivity index is 3.35. The molecule has 4 heteroatoms. The minimum atomic E-state index is -0.201. The molecule has 0 spiro atoms. The van der Waals surface area contributed by atoms with Crippen molar-refractivity contribution in [1.29, 1.82) is 0 Å². The summed E-state index contributed by atoms with van der Waals surface area (Å²) in [6.07, 6.45) is 1.51. The number of hydrogen-bond acceptors (Lipinski definition) is 3. The second kappa shape index (κ2) is 3.89. The van der Waals surface area contributed by atoms with Gasteiger partial charge in [-0.1, -0.05) is 0 Å². The minimum Gasteiger partial charge on any atom is -0.494 e. The molecule has 0 radical (unpaired) electrons. The Hall–Kier alpha value is -1.58. The van der Waals surface area contributed by atoms with Crippen molar-refractivity contribution >= 4 is 6.21 Å². The second-order valence-electron chi connectivity index (χ2n) is 2.58. The normalized spacial score (nSPS) is 10.9. The summed E-state index contributed by atoms with van der Waals surface area (Å²) in [7, 11) is 1.61. The fraction of sp³-hybridized carbons (Fsp3) is 0.333. The van der Waals surface area contributed by atoms with Crippen LogP contribution in [0, 0.1) is 0 Å². The van der Waals surface area contributed by atoms with Gasteiger partial charge in [0.2, 0.25) is 5.88 Å². The molecule has 1 aromatic rings. The SMILES string of the molecule is CCn1c(O)c(C=NC)ccc1=O. The summed E-state index contributed by atoms with van der Waals surface area (Å²) in [6, 6.07) is 2.97. The number of hydrogen-bond donors (Lipinski definition) is 1. The average Bonchev–Trinajstić information content (AvgIpc) is 2.11. The molecule has 1 rings (SSSR count). The predicted molar refractivity (Wildman–Crippen MR) is 51.6 cm³/mol. The van der Waals surface area contributed by atoms with Crippen molar-refractivity contribution in [3.8, 4) is 5.88 Å². The highest BCUT2D eigenvalue weighted by Gasteiger charge is 2.04. The number of pyridine rings is 1. The Bertz CT molecular complexity index is 380. The van der Waals surface area contributed by atoms with Crippen molar-refractivity contribution in [2.75, 3.05) is 7.05 Å². The number of aliphatic imine (C=N–C) groups is 1. The standard InChI is InChI=1S/C9H12N2O2/c1-3-11-8(12)5-4-7(6-10-2)9(11)13/h4-6,13H,3H2,1-2H3. The van der Waals surface area contributed by atoms with E-state index in [0.717, 1.165) is 0 Å². The van der Waals surface area contributed by atoms with Gasteiger partial charge in [0.25, 0.3) is 5.56 Å². The lowest BCUT2D eigenvalue weighted by atomic mass is 10.3. The molecule has 0 aliphatic heterocycles. The van der Waals surface area contributed by atoms with Crippen LogP contribution in [0.2, 0.25) is 0 Å². The Labute approximate surface area is 76.2 Å². The molecule has 0 atom stereocenters. The van der Waals surface area contributed by atoms with Crippen LogP contribution in [0.3, 0.4) is 0 Å². The van der Waals surface area contributed by atoms with Gasteiger partial charge in [0.05, 0.1) is 5.56 Å². The Kier molecular flexibility index (Phi) is 2.84. The largest absolute Gasteiger partial charge is 0.494 e. The lowest BCUT2D eigenvalue weighted by Gasteiger charge is -2.06. The number of aromatic hydroxyl groups is 1. The van der Waals surface area contributed by atoms with E-state index in [2.05, 4.69) is 4.99 Å². The third kappa shape index (κ3) is 1.77. The van der Waals surface area contributed by atoms with Gasteiger partial charge in [-0.3, -0.25) is 14.4 Å². The third-order valence-corrected chi connectivity index (χ3v) is 1.77. The minimum absolute atomic E-state index is 0.0272. The van der Waals surface area contributed by atoms with Crippen LogP contribution in [0.15, 0.2) is 21.9 Å². The molecule has 0 fully saturated rings. The molecule has 1 heterocycles. The van der Waals surface area contributed by atoms with Crippen LogP contribution in [-0.4, -0.2) is 22.9 Å². The maximum atomic E-state index is 11.2. The quantitative estimate of drug-likeness (QED) is 0.678. The molecular formula is C9H12N2O2. The van der Waals surface area contributed by atoms with Crippen molar-refractivity contribution in [1.82, 2.24) is 4.57 Å². The van der Waals surface area contributed by atoms with Gasteiger partial charge in [0.15, 0.2) is 0 Å². The van der Waals surface area contributed by atoms with E-state index in [-0.39, 0.29) is 11.4 Å². The summed E-state index contributed by atoms with van der Waals surface area (Å²) in [6.45, 7) is 2.25. The van der Waals surface area contributed by atoms with Crippen molar-refractivity contribution < 1.29 is 5.11 Å². The van der Waals surface area contributed by atoms with E-state index in [1.165, 1.54) is 16.8 Å². The van der Waals surface area contributed by atoms with Crippen LogP contribution >= 0.6 is 0 Å². The van der Waals surface area contributed by atoms with E-state index in [1.807, 2.05) is 0 Å². The monoisotopic (exact) mass is 180 g/mol.